The summed E-state index contributed by atoms with van der Waals surface area (Å²) < 4.78 is 70.1. The lowest BCUT2D eigenvalue weighted by molar-refractivity contribution is -0.138. The van der Waals surface area contributed by atoms with Crippen LogP contribution in [-0.2, 0) is 21.7 Å². The van der Waals surface area contributed by atoms with E-state index in [0.717, 1.165) is 6.07 Å². The lowest BCUT2D eigenvalue weighted by Crippen LogP contribution is -2.22. The molecule has 0 atom stereocenters. The fourth-order valence-electron chi connectivity index (χ4n) is 2.12. The van der Waals surface area contributed by atoms with Gasteiger partial charge in [0, 0.05) is 0 Å². The lowest BCUT2D eigenvalue weighted by Gasteiger charge is -2.27. The van der Waals surface area contributed by atoms with E-state index < -0.39 is 32.2 Å². The summed E-state index contributed by atoms with van der Waals surface area (Å²) in [5, 5.41) is 0. The molecule has 7 heteroatoms. The molecule has 0 aliphatic rings. The van der Waals surface area contributed by atoms with E-state index in [4.69, 9.17) is 4.55 Å². The maximum absolute atomic E-state index is 13.1. The molecule has 1 aromatic rings. The Labute approximate surface area is 110 Å². The van der Waals surface area contributed by atoms with Crippen LogP contribution in [-0.4, -0.2) is 13.0 Å². The molecule has 0 radical (unpaired) electrons. The zero-order valence-corrected chi connectivity index (χ0v) is 11.8. The Balaban J connectivity index is 3.78. The van der Waals surface area contributed by atoms with Gasteiger partial charge in [0.1, 0.15) is 0 Å². The van der Waals surface area contributed by atoms with Gasteiger partial charge in [-0.05, 0) is 35.6 Å². The van der Waals surface area contributed by atoms with Gasteiger partial charge < -0.3 is 0 Å². The number of hydrogen-bond acceptors (Lipinski definition) is 2. The average Bonchev–Trinajstić information content (AvgIpc) is 2.11. The number of rotatable bonds is 1. The monoisotopic (exact) mass is 296 g/mol. The molecule has 0 unspecified atom stereocenters. The minimum Gasteiger partial charge on any atom is -0.282 e. The molecule has 0 saturated heterocycles. The Bertz CT molecular complexity index is 596. The zero-order chi connectivity index (χ0) is 15.2. The largest absolute Gasteiger partial charge is 0.416 e. The molecule has 0 amide bonds. The molecule has 19 heavy (non-hydrogen) atoms. The van der Waals surface area contributed by atoms with Crippen molar-refractivity contribution in [2.24, 2.45) is 0 Å². The number of benzene rings is 1. The highest BCUT2D eigenvalue weighted by Gasteiger charge is 2.38. The fourth-order valence-corrected chi connectivity index (χ4v) is 2.71. The van der Waals surface area contributed by atoms with E-state index >= 15 is 0 Å². The van der Waals surface area contributed by atoms with E-state index in [1.807, 2.05) is 0 Å². The fraction of sp³-hybridized carbons (Fsp3) is 0.500. The van der Waals surface area contributed by atoms with Crippen molar-refractivity contribution in [3.8, 4) is 0 Å². The summed E-state index contributed by atoms with van der Waals surface area (Å²) in [5.41, 5.74) is -1.64. The predicted molar refractivity (Wildman–Crippen MR) is 64.7 cm³/mol. The summed E-state index contributed by atoms with van der Waals surface area (Å²) in [5.74, 6) is 0. The van der Waals surface area contributed by atoms with Gasteiger partial charge in [-0.25, -0.2) is 0 Å². The van der Waals surface area contributed by atoms with Crippen LogP contribution in [0.25, 0.3) is 0 Å². The second-order valence-electron chi connectivity index (χ2n) is 5.39. The summed E-state index contributed by atoms with van der Waals surface area (Å²) in [4.78, 5) is -0.745. The lowest BCUT2D eigenvalue weighted by atomic mass is 9.80. The highest BCUT2D eigenvalue weighted by molar-refractivity contribution is 7.85. The molecule has 0 fully saturated rings. The number of hydrogen-bond donors (Lipinski definition) is 1. The van der Waals surface area contributed by atoms with Crippen LogP contribution in [0.15, 0.2) is 17.0 Å². The van der Waals surface area contributed by atoms with Crippen LogP contribution >= 0.6 is 0 Å². The molecular formula is C12H15F3O3S. The normalized spacial score (nSPS) is 13.7. The average molecular weight is 296 g/mol. The van der Waals surface area contributed by atoms with Crippen molar-refractivity contribution in [3.05, 3.63) is 28.8 Å². The van der Waals surface area contributed by atoms with Gasteiger partial charge >= 0.3 is 6.18 Å². The van der Waals surface area contributed by atoms with Gasteiger partial charge in [0.05, 0.1) is 10.5 Å². The van der Waals surface area contributed by atoms with Crippen LogP contribution in [0, 0.1) is 6.92 Å². The Morgan fingerprint density at radius 2 is 1.58 bits per heavy atom. The van der Waals surface area contributed by atoms with E-state index in [2.05, 4.69) is 0 Å². The molecule has 108 valence electrons. The highest BCUT2D eigenvalue weighted by Crippen LogP contribution is 2.40. The van der Waals surface area contributed by atoms with E-state index in [9.17, 15) is 21.6 Å². The topological polar surface area (TPSA) is 54.4 Å². The van der Waals surface area contributed by atoms with Crippen LogP contribution in [0.4, 0.5) is 13.2 Å². The molecule has 1 rings (SSSR count). The molecular weight excluding hydrogens is 281 g/mol. The predicted octanol–water partition coefficient (Wildman–Crippen LogP) is 3.56. The van der Waals surface area contributed by atoms with Crippen molar-refractivity contribution in [3.63, 3.8) is 0 Å². The molecule has 0 aliphatic heterocycles. The molecule has 0 aromatic heterocycles. The Morgan fingerprint density at radius 1 is 1.11 bits per heavy atom. The zero-order valence-electron chi connectivity index (χ0n) is 11.0. The second-order valence-corrected chi connectivity index (χ2v) is 6.81. The Hall–Kier alpha value is -1.08. The molecule has 0 bridgehead atoms. The van der Waals surface area contributed by atoms with Gasteiger partial charge in [-0.2, -0.15) is 21.6 Å². The Kier molecular flexibility index (Phi) is 3.77. The van der Waals surface area contributed by atoms with E-state index in [0.29, 0.717) is 6.07 Å². The smallest absolute Gasteiger partial charge is 0.282 e. The van der Waals surface area contributed by atoms with Gasteiger partial charge in [-0.15, -0.1) is 0 Å². The van der Waals surface area contributed by atoms with Gasteiger partial charge in [0.15, 0.2) is 0 Å². The van der Waals surface area contributed by atoms with Gasteiger partial charge in [0.2, 0.25) is 0 Å². The van der Waals surface area contributed by atoms with Crippen molar-refractivity contribution in [2.75, 3.05) is 0 Å². The molecule has 3 nitrogen and oxygen atoms in total. The quantitative estimate of drug-likeness (QED) is 0.806. The SMILES string of the molecule is Cc1cc(S(=O)(=O)O)cc(C(F)(F)F)c1C(C)(C)C. The first kappa shape index (κ1) is 16.0. The van der Waals surface area contributed by atoms with Gasteiger partial charge in [0.25, 0.3) is 10.1 Å². The van der Waals surface area contributed by atoms with Crippen molar-refractivity contribution in [1.82, 2.24) is 0 Å². The third-order valence-corrected chi connectivity index (χ3v) is 3.49. The van der Waals surface area contributed by atoms with E-state index in [1.165, 1.54) is 6.92 Å². The molecule has 0 aliphatic carbocycles. The molecule has 0 spiro atoms. The third kappa shape index (κ3) is 3.48. The first-order valence-electron chi connectivity index (χ1n) is 5.44. The maximum atomic E-state index is 13.1. The summed E-state index contributed by atoms with van der Waals surface area (Å²) in [6.45, 7) is 6.22. The van der Waals surface area contributed by atoms with Crippen molar-refractivity contribution >= 4 is 10.1 Å². The summed E-state index contributed by atoms with van der Waals surface area (Å²) >= 11 is 0. The summed E-state index contributed by atoms with van der Waals surface area (Å²) in [7, 11) is -4.67. The number of alkyl halides is 3. The number of halogens is 3. The van der Waals surface area contributed by atoms with Crippen LogP contribution in [0.2, 0.25) is 0 Å². The molecule has 1 N–H and O–H groups in total. The van der Waals surface area contributed by atoms with Crippen LogP contribution in [0.1, 0.15) is 37.5 Å². The van der Waals surface area contributed by atoms with Gasteiger partial charge in [-0.3, -0.25) is 4.55 Å². The van der Waals surface area contributed by atoms with Crippen LogP contribution < -0.4 is 0 Å². The first-order chi connectivity index (χ1) is 8.24. The maximum Gasteiger partial charge on any atom is 0.416 e. The summed E-state index contributed by atoms with van der Waals surface area (Å²) in [6.07, 6.45) is -4.69. The van der Waals surface area contributed by atoms with Gasteiger partial charge in [-0.1, -0.05) is 20.8 Å². The van der Waals surface area contributed by atoms with Crippen LogP contribution in [0.3, 0.4) is 0 Å². The molecule has 0 heterocycles. The minimum atomic E-state index is -4.69. The minimum absolute atomic E-state index is 0.0207. The standard InChI is InChI=1S/C12H15F3O3S/c1-7-5-8(19(16,17)18)6-9(12(13,14)15)10(7)11(2,3)4/h5-6H,1-4H3,(H,16,17,18). The Morgan fingerprint density at radius 3 is 1.89 bits per heavy atom. The van der Waals surface area contributed by atoms with Crippen LogP contribution in [0.5, 0.6) is 0 Å². The second kappa shape index (κ2) is 4.49. The third-order valence-electron chi connectivity index (χ3n) is 2.66. The van der Waals surface area contributed by atoms with Crippen molar-refractivity contribution in [1.29, 1.82) is 0 Å². The first-order valence-corrected chi connectivity index (χ1v) is 6.88. The van der Waals surface area contributed by atoms with E-state index in [1.54, 1.807) is 20.8 Å². The molecule has 0 saturated carbocycles. The van der Waals surface area contributed by atoms with Crippen molar-refractivity contribution in [2.45, 2.75) is 44.2 Å². The van der Waals surface area contributed by atoms with E-state index in [-0.39, 0.29) is 11.1 Å². The molecule has 1 aromatic carbocycles. The van der Waals surface area contributed by atoms with Crippen molar-refractivity contribution < 1.29 is 26.1 Å². The highest BCUT2D eigenvalue weighted by atomic mass is 32.2. The summed E-state index contributed by atoms with van der Waals surface area (Å²) in [6, 6.07) is 1.52. The number of aryl methyl sites for hydroxylation is 1.